The average Bonchev–Trinajstić information content (AvgIpc) is 2.48. The van der Waals surface area contributed by atoms with E-state index in [0.717, 1.165) is 11.1 Å². The summed E-state index contributed by atoms with van der Waals surface area (Å²) < 4.78 is 0. The van der Waals surface area contributed by atoms with E-state index in [2.05, 4.69) is 5.32 Å². The molecular weight excluding hydrogens is 268 g/mol. The molecular formula is C16H16N2O3. The van der Waals surface area contributed by atoms with E-state index in [9.17, 15) is 14.9 Å². The summed E-state index contributed by atoms with van der Waals surface area (Å²) in [5, 5.41) is 13.6. The summed E-state index contributed by atoms with van der Waals surface area (Å²) in [6, 6.07) is 13.4. The van der Waals surface area contributed by atoms with Crippen LogP contribution in [0.3, 0.4) is 0 Å². The number of amides is 1. The Bertz CT molecular complexity index is 665. The van der Waals surface area contributed by atoms with E-state index in [1.165, 1.54) is 18.2 Å². The minimum Gasteiger partial charge on any atom is -0.346 e. The quantitative estimate of drug-likeness (QED) is 0.691. The minimum absolute atomic E-state index is 0.0920. The molecule has 0 spiro atoms. The highest BCUT2D eigenvalue weighted by molar-refractivity contribution is 5.95. The van der Waals surface area contributed by atoms with Crippen molar-refractivity contribution >= 4 is 11.6 Å². The Morgan fingerprint density at radius 1 is 1.19 bits per heavy atom. The molecule has 0 saturated carbocycles. The Balaban J connectivity index is 2.12. The van der Waals surface area contributed by atoms with Crippen molar-refractivity contribution in [1.29, 1.82) is 0 Å². The van der Waals surface area contributed by atoms with Crippen molar-refractivity contribution < 1.29 is 9.72 Å². The van der Waals surface area contributed by atoms with Crippen molar-refractivity contribution in [3.63, 3.8) is 0 Å². The standard InChI is InChI=1S/C16H16N2O3/c1-11-6-8-13(9-7-11)12(2)17-16(19)14-4-3-5-15(10-14)18(20)21/h3-10,12H,1-2H3,(H,17,19)/t12-/m1/s1. The van der Waals surface area contributed by atoms with Gasteiger partial charge in [0.15, 0.2) is 0 Å². The molecule has 5 nitrogen and oxygen atoms in total. The summed E-state index contributed by atoms with van der Waals surface area (Å²) in [7, 11) is 0. The lowest BCUT2D eigenvalue weighted by molar-refractivity contribution is -0.384. The van der Waals surface area contributed by atoms with Crippen molar-refractivity contribution in [2.45, 2.75) is 19.9 Å². The third kappa shape index (κ3) is 3.66. The molecule has 0 fully saturated rings. The predicted octanol–water partition coefficient (Wildman–Crippen LogP) is 3.39. The van der Waals surface area contributed by atoms with Crippen LogP contribution < -0.4 is 5.32 Å². The van der Waals surface area contributed by atoms with Gasteiger partial charge in [0.2, 0.25) is 0 Å². The zero-order chi connectivity index (χ0) is 15.4. The number of non-ortho nitro benzene ring substituents is 1. The summed E-state index contributed by atoms with van der Waals surface area (Å²) in [5.41, 5.74) is 2.32. The maximum absolute atomic E-state index is 12.1. The van der Waals surface area contributed by atoms with Crippen molar-refractivity contribution in [1.82, 2.24) is 5.32 Å². The predicted molar refractivity (Wildman–Crippen MR) is 80.2 cm³/mol. The number of nitrogens with one attached hydrogen (secondary N) is 1. The maximum atomic E-state index is 12.1. The van der Waals surface area contributed by atoms with Crippen LogP contribution in [-0.4, -0.2) is 10.8 Å². The highest BCUT2D eigenvalue weighted by atomic mass is 16.6. The molecule has 1 atom stereocenters. The second-order valence-electron chi connectivity index (χ2n) is 4.91. The molecule has 0 aliphatic rings. The normalized spacial score (nSPS) is 11.7. The van der Waals surface area contributed by atoms with E-state index >= 15 is 0 Å². The molecule has 2 rings (SSSR count). The minimum atomic E-state index is -0.514. The number of carbonyl (C=O) groups excluding carboxylic acids is 1. The largest absolute Gasteiger partial charge is 0.346 e. The number of carbonyl (C=O) groups is 1. The molecule has 0 aromatic heterocycles. The summed E-state index contributed by atoms with van der Waals surface area (Å²) >= 11 is 0. The van der Waals surface area contributed by atoms with Gasteiger partial charge in [0.05, 0.1) is 11.0 Å². The fourth-order valence-corrected chi connectivity index (χ4v) is 1.98. The van der Waals surface area contributed by atoms with Gasteiger partial charge in [-0.25, -0.2) is 0 Å². The molecule has 1 N–H and O–H groups in total. The highest BCUT2D eigenvalue weighted by Gasteiger charge is 2.14. The Labute approximate surface area is 122 Å². The van der Waals surface area contributed by atoms with Crippen LogP contribution in [0.15, 0.2) is 48.5 Å². The van der Waals surface area contributed by atoms with Gasteiger partial charge in [-0.1, -0.05) is 35.9 Å². The van der Waals surface area contributed by atoms with E-state index in [1.807, 2.05) is 38.1 Å². The van der Waals surface area contributed by atoms with Gasteiger partial charge in [0, 0.05) is 17.7 Å². The van der Waals surface area contributed by atoms with Gasteiger partial charge in [0.25, 0.3) is 11.6 Å². The van der Waals surface area contributed by atoms with E-state index < -0.39 is 4.92 Å². The highest BCUT2D eigenvalue weighted by Crippen LogP contribution is 2.16. The van der Waals surface area contributed by atoms with Crippen molar-refractivity contribution in [2.24, 2.45) is 0 Å². The van der Waals surface area contributed by atoms with E-state index in [1.54, 1.807) is 6.07 Å². The molecule has 5 heteroatoms. The first-order chi connectivity index (χ1) is 9.97. The number of benzene rings is 2. The third-order valence-corrected chi connectivity index (χ3v) is 3.24. The number of aryl methyl sites for hydroxylation is 1. The number of nitro groups is 1. The second kappa shape index (κ2) is 6.17. The van der Waals surface area contributed by atoms with Gasteiger partial charge in [-0.05, 0) is 25.5 Å². The number of nitro benzene ring substituents is 1. The van der Waals surface area contributed by atoms with E-state index in [-0.39, 0.29) is 23.2 Å². The molecule has 0 aliphatic heterocycles. The summed E-state index contributed by atoms with van der Waals surface area (Å²) in [4.78, 5) is 22.3. The lowest BCUT2D eigenvalue weighted by Crippen LogP contribution is -2.26. The summed E-state index contributed by atoms with van der Waals surface area (Å²) in [5.74, 6) is -0.327. The smallest absolute Gasteiger partial charge is 0.270 e. The van der Waals surface area contributed by atoms with Crippen LogP contribution in [0.2, 0.25) is 0 Å². The zero-order valence-corrected chi connectivity index (χ0v) is 11.9. The Kier molecular flexibility index (Phi) is 4.33. The molecule has 2 aromatic carbocycles. The SMILES string of the molecule is Cc1ccc([C@@H](C)NC(=O)c2cccc([N+](=O)[O-])c2)cc1. The molecule has 0 unspecified atom stereocenters. The van der Waals surface area contributed by atoms with Crippen LogP contribution in [0.25, 0.3) is 0 Å². The number of nitrogens with zero attached hydrogens (tertiary/aromatic N) is 1. The lowest BCUT2D eigenvalue weighted by atomic mass is 10.1. The van der Waals surface area contributed by atoms with Gasteiger partial charge in [-0.3, -0.25) is 14.9 Å². The van der Waals surface area contributed by atoms with Gasteiger partial charge in [-0.15, -0.1) is 0 Å². The van der Waals surface area contributed by atoms with Gasteiger partial charge < -0.3 is 5.32 Å². The Hall–Kier alpha value is -2.69. The van der Waals surface area contributed by atoms with Crippen LogP contribution in [0.1, 0.15) is 34.5 Å². The average molecular weight is 284 g/mol. The molecule has 1 amide bonds. The van der Waals surface area contributed by atoms with Crippen molar-refractivity contribution in [3.8, 4) is 0 Å². The van der Waals surface area contributed by atoms with Crippen LogP contribution in [0, 0.1) is 17.0 Å². The summed E-state index contributed by atoms with van der Waals surface area (Å²) in [6.45, 7) is 3.87. The van der Waals surface area contributed by atoms with Crippen molar-refractivity contribution in [3.05, 3.63) is 75.3 Å². The first kappa shape index (κ1) is 14.7. The molecule has 0 bridgehead atoms. The van der Waals surface area contributed by atoms with Crippen LogP contribution in [-0.2, 0) is 0 Å². The molecule has 0 radical (unpaired) electrons. The summed E-state index contributed by atoms with van der Waals surface area (Å²) in [6.07, 6.45) is 0. The first-order valence-electron chi connectivity index (χ1n) is 6.59. The molecule has 2 aromatic rings. The molecule has 0 saturated heterocycles. The van der Waals surface area contributed by atoms with Crippen LogP contribution >= 0.6 is 0 Å². The fraction of sp³-hybridized carbons (Fsp3) is 0.188. The van der Waals surface area contributed by atoms with E-state index in [4.69, 9.17) is 0 Å². The molecule has 0 heterocycles. The molecule has 0 aliphatic carbocycles. The molecule has 21 heavy (non-hydrogen) atoms. The Morgan fingerprint density at radius 3 is 2.48 bits per heavy atom. The van der Waals surface area contributed by atoms with Gasteiger partial charge in [-0.2, -0.15) is 0 Å². The van der Waals surface area contributed by atoms with Crippen LogP contribution in [0.4, 0.5) is 5.69 Å². The molecule has 108 valence electrons. The van der Waals surface area contributed by atoms with Gasteiger partial charge in [0.1, 0.15) is 0 Å². The Morgan fingerprint density at radius 2 is 1.86 bits per heavy atom. The monoisotopic (exact) mass is 284 g/mol. The van der Waals surface area contributed by atoms with Gasteiger partial charge >= 0.3 is 0 Å². The zero-order valence-electron chi connectivity index (χ0n) is 11.9. The number of hydrogen-bond donors (Lipinski definition) is 1. The number of hydrogen-bond acceptors (Lipinski definition) is 3. The fourth-order valence-electron chi connectivity index (χ4n) is 1.98. The number of rotatable bonds is 4. The third-order valence-electron chi connectivity index (χ3n) is 3.24. The van der Waals surface area contributed by atoms with E-state index in [0.29, 0.717) is 0 Å². The van der Waals surface area contributed by atoms with Crippen molar-refractivity contribution in [2.75, 3.05) is 0 Å². The second-order valence-corrected chi connectivity index (χ2v) is 4.91. The first-order valence-corrected chi connectivity index (χ1v) is 6.59. The lowest BCUT2D eigenvalue weighted by Gasteiger charge is -2.14. The maximum Gasteiger partial charge on any atom is 0.270 e. The topological polar surface area (TPSA) is 72.2 Å². The van der Waals surface area contributed by atoms with Crippen LogP contribution in [0.5, 0.6) is 0 Å².